The Labute approximate surface area is 114 Å². The predicted molar refractivity (Wildman–Crippen MR) is 72.9 cm³/mol. The second-order valence-corrected chi connectivity index (χ2v) is 5.19. The zero-order valence-electron chi connectivity index (χ0n) is 10.3. The Bertz CT molecular complexity index is 565. The molecule has 0 fully saturated rings. The summed E-state index contributed by atoms with van der Waals surface area (Å²) in [5.74, 6) is 1.41. The number of furan rings is 1. The van der Waals surface area contributed by atoms with Gasteiger partial charge in [-0.1, -0.05) is 12.1 Å². The SMILES string of the molecule is Cc1cc(C(N)Cc2cccc(F)c2Br)c(C)o1. The molecule has 2 nitrogen and oxygen atoms in total. The molecule has 2 rings (SSSR count). The summed E-state index contributed by atoms with van der Waals surface area (Å²) < 4.78 is 19.4. The molecule has 18 heavy (non-hydrogen) atoms. The average Bonchev–Trinajstić information content (AvgIpc) is 2.64. The molecule has 2 aromatic rings. The summed E-state index contributed by atoms with van der Waals surface area (Å²) >= 11 is 3.25. The van der Waals surface area contributed by atoms with Crippen LogP contribution in [0.15, 0.2) is 33.2 Å². The number of nitrogens with two attached hydrogens (primary N) is 1. The number of rotatable bonds is 3. The maximum atomic E-state index is 13.4. The van der Waals surface area contributed by atoms with Crippen LogP contribution in [-0.4, -0.2) is 0 Å². The molecule has 0 aliphatic rings. The highest BCUT2D eigenvalue weighted by molar-refractivity contribution is 9.10. The fourth-order valence-electron chi connectivity index (χ4n) is 2.07. The van der Waals surface area contributed by atoms with Gasteiger partial charge in [0.2, 0.25) is 0 Å². The van der Waals surface area contributed by atoms with E-state index in [-0.39, 0.29) is 11.9 Å². The fourth-order valence-corrected chi connectivity index (χ4v) is 2.50. The van der Waals surface area contributed by atoms with Gasteiger partial charge in [-0.25, -0.2) is 4.39 Å². The highest BCUT2D eigenvalue weighted by atomic mass is 79.9. The normalized spacial score (nSPS) is 12.7. The Morgan fingerprint density at radius 1 is 1.39 bits per heavy atom. The highest BCUT2D eigenvalue weighted by Crippen LogP contribution is 2.27. The van der Waals surface area contributed by atoms with Gasteiger partial charge >= 0.3 is 0 Å². The van der Waals surface area contributed by atoms with Crippen molar-refractivity contribution in [2.75, 3.05) is 0 Å². The molecule has 2 N–H and O–H groups in total. The predicted octanol–water partition coefficient (Wildman–Crippen LogP) is 4.04. The standard InChI is InChI=1S/C14H15BrFNO/c1-8-6-11(9(2)18-8)13(17)7-10-4-3-5-12(16)14(10)15/h3-6,13H,7,17H2,1-2H3. The number of hydrogen-bond donors (Lipinski definition) is 1. The van der Waals surface area contributed by atoms with E-state index >= 15 is 0 Å². The largest absolute Gasteiger partial charge is 0.466 e. The molecule has 96 valence electrons. The zero-order valence-corrected chi connectivity index (χ0v) is 11.9. The van der Waals surface area contributed by atoms with Crippen molar-refractivity contribution < 1.29 is 8.81 Å². The molecule has 0 saturated heterocycles. The maximum absolute atomic E-state index is 13.4. The molecule has 0 aliphatic heterocycles. The number of aryl methyl sites for hydroxylation is 2. The van der Waals surface area contributed by atoms with E-state index < -0.39 is 0 Å². The van der Waals surface area contributed by atoms with E-state index in [2.05, 4.69) is 15.9 Å². The third kappa shape index (κ3) is 2.65. The van der Waals surface area contributed by atoms with E-state index in [0.717, 1.165) is 22.6 Å². The van der Waals surface area contributed by atoms with Crippen LogP contribution in [0.4, 0.5) is 4.39 Å². The number of halogens is 2. The summed E-state index contributed by atoms with van der Waals surface area (Å²) in [6.45, 7) is 3.78. The van der Waals surface area contributed by atoms with Crippen LogP contribution in [0.2, 0.25) is 0 Å². The van der Waals surface area contributed by atoms with Crippen LogP contribution in [0.5, 0.6) is 0 Å². The van der Waals surface area contributed by atoms with Crippen molar-refractivity contribution in [3.05, 3.63) is 57.2 Å². The summed E-state index contributed by atoms with van der Waals surface area (Å²) in [6.07, 6.45) is 0.568. The van der Waals surface area contributed by atoms with Gasteiger partial charge in [-0.2, -0.15) is 0 Å². The Kier molecular flexibility index (Phi) is 3.88. The third-order valence-corrected chi connectivity index (χ3v) is 3.84. The smallest absolute Gasteiger partial charge is 0.137 e. The average molecular weight is 312 g/mol. The molecule has 0 saturated carbocycles. The second kappa shape index (κ2) is 5.24. The first kappa shape index (κ1) is 13.3. The van der Waals surface area contributed by atoms with Crippen molar-refractivity contribution in [1.29, 1.82) is 0 Å². The molecule has 0 bridgehead atoms. The lowest BCUT2D eigenvalue weighted by Crippen LogP contribution is -2.14. The lowest BCUT2D eigenvalue weighted by atomic mass is 10.00. The minimum atomic E-state index is -0.264. The summed E-state index contributed by atoms with van der Waals surface area (Å²) in [5, 5.41) is 0. The molecule has 0 radical (unpaired) electrons. The molecule has 1 aromatic carbocycles. The monoisotopic (exact) mass is 311 g/mol. The van der Waals surface area contributed by atoms with Crippen LogP contribution in [0.25, 0.3) is 0 Å². The molecule has 0 spiro atoms. The van der Waals surface area contributed by atoms with E-state index in [1.54, 1.807) is 6.07 Å². The van der Waals surface area contributed by atoms with Gasteiger partial charge in [0.1, 0.15) is 17.3 Å². The second-order valence-electron chi connectivity index (χ2n) is 4.39. The zero-order chi connectivity index (χ0) is 13.3. The van der Waals surface area contributed by atoms with Gasteiger partial charge in [0.25, 0.3) is 0 Å². The minimum Gasteiger partial charge on any atom is -0.466 e. The van der Waals surface area contributed by atoms with Crippen molar-refractivity contribution in [2.45, 2.75) is 26.3 Å². The van der Waals surface area contributed by atoms with Gasteiger partial charge in [-0.05, 0) is 53.9 Å². The van der Waals surface area contributed by atoms with E-state index in [0.29, 0.717) is 10.9 Å². The van der Waals surface area contributed by atoms with Crippen molar-refractivity contribution in [3.63, 3.8) is 0 Å². The van der Waals surface area contributed by atoms with Crippen LogP contribution < -0.4 is 5.73 Å². The maximum Gasteiger partial charge on any atom is 0.137 e. The van der Waals surface area contributed by atoms with Crippen LogP contribution in [-0.2, 0) is 6.42 Å². The lowest BCUT2D eigenvalue weighted by Gasteiger charge is -2.12. The first-order chi connectivity index (χ1) is 8.49. The topological polar surface area (TPSA) is 39.2 Å². The first-order valence-electron chi connectivity index (χ1n) is 5.74. The summed E-state index contributed by atoms with van der Waals surface area (Å²) in [4.78, 5) is 0. The summed E-state index contributed by atoms with van der Waals surface area (Å²) in [6, 6.07) is 6.73. The fraction of sp³-hybridized carbons (Fsp3) is 0.286. The quantitative estimate of drug-likeness (QED) is 0.929. The molecule has 0 aliphatic carbocycles. The number of hydrogen-bond acceptors (Lipinski definition) is 2. The molecular weight excluding hydrogens is 297 g/mol. The Morgan fingerprint density at radius 2 is 2.11 bits per heavy atom. The summed E-state index contributed by atoms with van der Waals surface area (Å²) in [7, 11) is 0. The Balaban J connectivity index is 2.24. The van der Waals surface area contributed by atoms with Crippen LogP contribution in [0.1, 0.15) is 28.7 Å². The minimum absolute atomic E-state index is 0.194. The third-order valence-electron chi connectivity index (χ3n) is 2.95. The Morgan fingerprint density at radius 3 is 2.72 bits per heavy atom. The van der Waals surface area contributed by atoms with Crippen molar-refractivity contribution in [1.82, 2.24) is 0 Å². The van der Waals surface area contributed by atoms with Crippen molar-refractivity contribution in [3.8, 4) is 0 Å². The molecular formula is C14H15BrFNO. The van der Waals surface area contributed by atoms with Crippen LogP contribution in [0.3, 0.4) is 0 Å². The van der Waals surface area contributed by atoms with Gasteiger partial charge in [0, 0.05) is 11.6 Å². The molecule has 1 aromatic heterocycles. The first-order valence-corrected chi connectivity index (χ1v) is 6.53. The van der Waals surface area contributed by atoms with E-state index in [1.165, 1.54) is 6.07 Å². The van der Waals surface area contributed by atoms with Gasteiger partial charge < -0.3 is 10.2 Å². The van der Waals surface area contributed by atoms with Crippen LogP contribution >= 0.6 is 15.9 Å². The molecule has 4 heteroatoms. The highest BCUT2D eigenvalue weighted by Gasteiger charge is 2.16. The van der Waals surface area contributed by atoms with Crippen LogP contribution in [0, 0.1) is 19.7 Å². The molecule has 1 heterocycles. The van der Waals surface area contributed by atoms with Gasteiger partial charge in [0.05, 0.1) is 4.47 Å². The van der Waals surface area contributed by atoms with E-state index in [1.807, 2.05) is 26.0 Å². The molecule has 1 unspecified atom stereocenters. The van der Waals surface area contributed by atoms with Gasteiger partial charge in [0.15, 0.2) is 0 Å². The summed E-state index contributed by atoms with van der Waals surface area (Å²) in [5.41, 5.74) is 7.99. The van der Waals surface area contributed by atoms with Gasteiger partial charge in [-0.3, -0.25) is 0 Å². The molecule has 1 atom stereocenters. The number of benzene rings is 1. The van der Waals surface area contributed by atoms with E-state index in [9.17, 15) is 4.39 Å². The lowest BCUT2D eigenvalue weighted by molar-refractivity contribution is 0.497. The van der Waals surface area contributed by atoms with E-state index in [4.69, 9.17) is 10.2 Å². The van der Waals surface area contributed by atoms with Gasteiger partial charge in [-0.15, -0.1) is 0 Å². The van der Waals surface area contributed by atoms with Crippen molar-refractivity contribution in [2.24, 2.45) is 5.73 Å². The van der Waals surface area contributed by atoms with Crippen molar-refractivity contribution >= 4 is 15.9 Å². The molecule has 0 amide bonds. The Hall–Kier alpha value is -1.13.